The summed E-state index contributed by atoms with van der Waals surface area (Å²) in [7, 11) is 0. The number of benzene rings is 2. The zero-order valence-electron chi connectivity index (χ0n) is 27.6. The third-order valence-electron chi connectivity index (χ3n) is 8.66. The summed E-state index contributed by atoms with van der Waals surface area (Å²) >= 11 is 0. The van der Waals surface area contributed by atoms with Crippen LogP contribution in [0.15, 0.2) is 90.4 Å². The highest BCUT2D eigenvalue weighted by Crippen LogP contribution is 2.30. The molecule has 49 heavy (non-hydrogen) atoms. The zero-order valence-corrected chi connectivity index (χ0v) is 27.6. The first-order chi connectivity index (χ1) is 23.8. The minimum atomic E-state index is -0.538. The fourth-order valence-electron chi connectivity index (χ4n) is 5.81. The predicted molar refractivity (Wildman–Crippen MR) is 188 cm³/mol. The van der Waals surface area contributed by atoms with Crippen LogP contribution in [0.2, 0.25) is 0 Å². The van der Waals surface area contributed by atoms with E-state index in [1.165, 1.54) is 12.1 Å². The van der Waals surface area contributed by atoms with Gasteiger partial charge in [-0.25, -0.2) is 9.37 Å². The molecule has 1 fully saturated rings. The Morgan fingerprint density at radius 2 is 1.69 bits per heavy atom. The second-order valence-electron chi connectivity index (χ2n) is 11.9. The van der Waals surface area contributed by atoms with E-state index < -0.39 is 17.2 Å². The van der Waals surface area contributed by atoms with Crippen molar-refractivity contribution in [2.24, 2.45) is 0 Å². The van der Waals surface area contributed by atoms with Gasteiger partial charge in [0.15, 0.2) is 0 Å². The van der Waals surface area contributed by atoms with Crippen LogP contribution >= 0.6 is 0 Å². The number of hydrogen-bond acceptors (Lipinski definition) is 8. The number of rotatable bonds is 12. The van der Waals surface area contributed by atoms with Crippen LogP contribution in [0.25, 0.3) is 33.4 Å². The molecule has 0 spiro atoms. The summed E-state index contributed by atoms with van der Waals surface area (Å²) in [5, 5.41) is 7.35. The number of amides is 1. The molecular weight excluding hydrogens is 625 g/mol. The maximum atomic E-state index is 13.7. The molecule has 5 aromatic rings. The molecule has 6 rings (SSSR count). The molecule has 0 saturated carbocycles. The highest BCUT2D eigenvalue weighted by molar-refractivity contribution is 6.04. The summed E-state index contributed by atoms with van der Waals surface area (Å²) in [6.07, 6.45) is 8.70. The van der Waals surface area contributed by atoms with E-state index in [2.05, 4.69) is 34.1 Å². The number of ether oxygens (including phenoxy) is 2. The van der Waals surface area contributed by atoms with Crippen LogP contribution in [0.4, 0.5) is 15.9 Å². The van der Waals surface area contributed by atoms with Gasteiger partial charge < -0.3 is 30.0 Å². The summed E-state index contributed by atoms with van der Waals surface area (Å²) in [6.45, 7) is 9.57. The SMILES string of the molecule is CCN(CC)CCn1cc(C(=O)Nc2ccc(-c3cc(-c4cnn(C[C@H]5COCCO5)c4)cnc3N)cc2)c(=O)c(-c2ccc(F)cc2)c1. The van der Waals surface area contributed by atoms with Crippen molar-refractivity contribution in [2.75, 3.05) is 50.5 Å². The normalized spacial score (nSPS) is 14.7. The summed E-state index contributed by atoms with van der Waals surface area (Å²) < 4.78 is 28.6. The van der Waals surface area contributed by atoms with Crippen LogP contribution < -0.4 is 16.5 Å². The number of hydrogen-bond donors (Lipinski definition) is 2. The van der Waals surface area contributed by atoms with Gasteiger partial charge in [0.25, 0.3) is 5.91 Å². The molecule has 254 valence electrons. The molecule has 2 aromatic carbocycles. The predicted octanol–water partition coefficient (Wildman–Crippen LogP) is 5.17. The molecule has 1 amide bonds. The third-order valence-corrected chi connectivity index (χ3v) is 8.66. The van der Waals surface area contributed by atoms with Crippen LogP contribution in [0.3, 0.4) is 0 Å². The quantitative estimate of drug-likeness (QED) is 0.187. The number of aromatic nitrogens is 4. The molecule has 1 saturated heterocycles. The average Bonchev–Trinajstić information content (AvgIpc) is 3.59. The Morgan fingerprint density at radius 3 is 2.41 bits per heavy atom. The molecule has 1 aliphatic heterocycles. The number of nitrogens with two attached hydrogens (primary N) is 1. The van der Waals surface area contributed by atoms with E-state index in [0.717, 1.165) is 41.9 Å². The van der Waals surface area contributed by atoms with E-state index in [1.54, 1.807) is 49.1 Å². The number of nitrogens with one attached hydrogen (secondary N) is 1. The van der Waals surface area contributed by atoms with Gasteiger partial charge in [-0.05, 0) is 54.5 Å². The molecule has 3 N–H and O–H groups in total. The molecule has 11 nitrogen and oxygen atoms in total. The van der Waals surface area contributed by atoms with Crippen molar-refractivity contribution in [1.29, 1.82) is 0 Å². The highest BCUT2D eigenvalue weighted by Gasteiger charge is 2.19. The Hall–Kier alpha value is -5.17. The lowest BCUT2D eigenvalue weighted by Gasteiger charge is -2.22. The van der Waals surface area contributed by atoms with Gasteiger partial charge in [0.05, 0.1) is 32.6 Å². The van der Waals surface area contributed by atoms with Crippen LogP contribution in [0.1, 0.15) is 24.2 Å². The Labute approximate surface area is 284 Å². The number of halogens is 1. The van der Waals surface area contributed by atoms with Crippen LogP contribution in [-0.2, 0) is 22.6 Å². The Kier molecular flexibility index (Phi) is 10.6. The van der Waals surface area contributed by atoms with E-state index in [4.69, 9.17) is 15.2 Å². The second kappa shape index (κ2) is 15.4. The minimum absolute atomic E-state index is 0.00489. The van der Waals surface area contributed by atoms with E-state index in [9.17, 15) is 14.0 Å². The van der Waals surface area contributed by atoms with Crippen molar-refractivity contribution in [2.45, 2.75) is 33.0 Å². The molecule has 3 aromatic heterocycles. The van der Waals surface area contributed by atoms with Gasteiger partial charge in [-0.1, -0.05) is 38.1 Å². The maximum Gasteiger partial charge on any atom is 0.261 e. The molecule has 0 radical (unpaired) electrons. The standard InChI is InChI=1S/C37H40FN7O4/c1-3-43(4-2)13-14-44-22-33(26-5-9-29(38)10-6-26)35(46)34(23-44)37(47)42-30-11-7-25(8-12-30)32-17-27(18-40-36(32)39)28-19-41-45(20-28)21-31-24-48-15-16-49-31/h5-12,17-20,22-23,31H,3-4,13-16,21,24H2,1-2H3,(H2,39,40)(H,42,47)/t31-/m0/s1. The van der Waals surface area contributed by atoms with Crippen molar-refractivity contribution in [3.63, 3.8) is 0 Å². The van der Waals surface area contributed by atoms with Gasteiger partial charge in [-0.2, -0.15) is 5.10 Å². The first-order valence-corrected chi connectivity index (χ1v) is 16.4. The molecule has 0 unspecified atom stereocenters. The van der Waals surface area contributed by atoms with Gasteiger partial charge in [-0.3, -0.25) is 14.3 Å². The van der Waals surface area contributed by atoms with E-state index in [0.29, 0.717) is 55.5 Å². The average molecular weight is 666 g/mol. The lowest BCUT2D eigenvalue weighted by Crippen LogP contribution is -2.32. The second-order valence-corrected chi connectivity index (χ2v) is 11.9. The minimum Gasteiger partial charge on any atom is -0.383 e. The fraction of sp³-hybridized carbons (Fsp3) is 0.297. The van der Waals surface area contributed by atoms with Crippen molar-refractivity contribution < 1.29 is 18.7 Å². The third kappa shape index (κ3) is 8.11. The van der Waals surface area contributed by atoms with Gasteiger partial charge in [-0.15, -0.1) is 0 Å². The molecule has 0 bridgehead atoms. The number of carbonyl (C=O) groups is 1. The number of nitrogens with zero attached hydrogens (tertiary/aromatic N) is 5. The van der Waals surface area contributed by atoms with E-state index >= 15 is 0 Å². The molecule has 4 heterocycles. The van der Waals surface area contributed by atoms with Crippen molar-refractivity contribution >= 4 is 17.4 Å². The molecule has 12 heteroatoms. The van der Waals surface area contributed by atoms with Crippen molar-refractivity contribution in [3.05, 3.63) is 107 Å². The van der Waals surface area contributed by atoms with E-state index in [-0.39, 0.29) is 11.7 Å². The largest absolute Gasteiger partial charge is 0.383 e. The smallest absolute Gasteiger partial charge is 0.261 e. The van der Waals surface area contributed by atoms with Gasteiger partial charge in [0, 0.05) is 65.8 Å². The van der Waals surface area contributed by atoms with Crippen LogP contribution in [0.5, 0.6) is 0 Å². The Morgan fingerprint density at radius 1 is 0.959 bits per heavy atom. The first kappa shape index (κ1) is 33.7. The number of carbonyl (C=O) groups excluding carboxylic acids is 1. The number of likely N-dealkylation sites (N-methyl/N-ethyl adjacent to an activating group) is 1. The van der Waals surface area contributed by atoms with Gasteiger partial charge in [0.2, 0.25) is 5.43 Å². The lowest BCUT2D eigenvalue weighted by molar-refractivity contribution is -0.0946. The van der Waals surface area contributed by atoms with Gasteiger partial charge in [0.1, 0.15) is 23.3 Å². The fourth-order valence-corrected chi connectivity index (χ4v) is 5.81. The summed E-state index contributed by atoms with van der Waals surface area (Å²) in [5.74, 6) is -0.577. The monoisotopic (exact) mass is 665 g/mol. The zero-order chi connectivity index (χ0) is 34.3. The van der Waals surface area contributed by atoms with E-state index in [1.807, 2.05) is 33.6 Å². The lowest BCUT2D eigenvalue weighted by atomic mass is 10.0. The number of nitrogen functional groups attached to an aromatic ring is 1. The molecule has 1 atom stereocenters. The van der Waals surface area contributed by atoms with Crippen LogP contribution in [-0.4, -0.2) is 75.7 Å². The topological polar surface area (TPSA) is 130 Å². The molecule has 1 aliphatic rings. The molecule has 0 aliphatic carbocycles. The maximum absolute atomic E-state index is 13.7. The van der Waals surface area contributed by atoms with Crippen molar-refractivity contribution in [1.82, 2.24) is 24.2 Å². The molecular formula is C37H40FN7O4. The van der Waals surface area contributed by atoms with Gasteiger partial charge >= 0.3 is 0 Å². The summed E-state index contributed by atoms with van der Waals surface area (Å²) in [6, 6.07) is 14.9. The van der Waals surface area contributed by atoms with Crippen LogP contribution in [0, 0.1) is 5.82 Å². The number of anilines is 2. The van der Waals surface area contributed by atoms with Crippen molar-refractivity contribution in [3.8, 4) is 33.4 Å². The number of pyridine rings is 2. The first-order valence-electron chi connectivity index (χ1n) is 16.4. The Bertz CT molecular complexity index is 1950. The highest BCUT2D eigenvalue weighted by atomic mass is 19.1. The Balaban J connectivity index is 1.21. The summed E-state index contributed by atoms with van der Waals surface area (Å²) in [5.41, 5.74) is 10.5. The summed E-state index contributed by atoms with van der Waals surface area (Å²) in [4.78, 5) is 33.8.